The lowest BCUT2D eigenvalue weighted by Crippen LogP contribution is -2.35. The van der Waals surface area contributed by atoms with Crippen LogP contribution < -0.4 is 5.73 Å². The normalized spacial score (nSPS) is 23.4. The molecule has 1 fully saturated rings. The lowest BCUT2D eigenvalue weighted by atomic mass is 10.1. The van der Waals surface area contributed by atoms with Gasteiger partial charge in [0.05, 0.1) is 6.42 Å². The lowest BCUT2D eigenvalue weighted by Gasteiger charge is -2.21. The molecule has 0 aliphatic carbocycles. The minimum atomic E-state index is 0.167. The second kappa shape index (κ2) is 5.72. The zero-order chi connectivity index (χ0) is 13.1. The molecular formula is C14H19ClN2O. The molecule has 1 aliphatic heterocycles. The van der Waals surface area contributed by atoms with E-state index < -0.39 is 0 Å². The van der Waals surface area contributed by atoms with Gasteiger partial charge in [-0.25, -0.2) is 0 Å². The van der Waals surface area contributed by atoms with Gasteiger partial charge in [0, 0.05) is 17.6 Å². The van der Waals surface area contributed by atoms with E-state index in [9.17, 15) is 4.79 Å². The first-order chi connectivity index (χ1) is 8.60. The quantitative estimate of drug-likeness (QED) is 0.911. The van der Waals surface area contributed by atoms with Crippen LogP contribution in [0.1, 0.15) is 18.9 Å². The summed E-state index contributed by atoms with van der Waals surface area (Å²) in [5.74, 6) is 0.615. The summed E-state index contributed by atoms with van der Waals surface area (Å²) in [6.07, 6.45) is 1.43. The van der Waals surface area contributed by atoms with E-state index in [-0.39, 0.29) is 5.91 Å². The Balaban J connectivity index is 2.00. The third-order valence-electron chi connectivity index (χ3n) is 3.56. The van der Waals surface area contributed by atoms with E-state index in [1.165, 1.54) is 0 Å². The highest BCUT2D eigenvalue weighted by atomic mass is 35.5. The van der Waals surface area contributed by atoms with Crippen molar-refractivity contribution in [2.45, 2.75) is 25.8 Å². The number of halogens is 1. The van der Waals surface area contributed by atoms with Crippen LogP contribution in [-0.2, 0) is 11.2 Å². The van der Waals surface area contributed by atoms with Crippen LogP contribution >= 0.6 is 11.6 Å². The Morgan fingerprint density at radius 3 is 2.94 bits per heavy atom. The van der Waals surface area contributed by atoms with E-state index in [2.05, 4.69) is 6.92 Å². The van der Waals surface area contributed by atoms with Crippen molar-refractivity contribution in [1.82, 2.24) is 4.90 Å². The molecule has 0 bridgehead atoms. The number of likely N-dealkylation sites (tertiary alicyclic amines) is 1. The van der Waals surface area contributed by atoms with E-state index in [4.69, 9.17) is 17.3 Å². The van der Waals surface area contributed by atoms with E-state index >= 15 is 0 Å². The molecule has 1 amide bonds. The molecule has 1 saturated heterocycles. The molecule has 0 aromatic heterocycles. The van der Waals surface area contributed by atoms with E-state index in [0.717, 1.165) is 18.5 Å². The van der Waals surface area contributed by atoms with Gasteiger partial charge in [-0.15, -0.1) is 0 Å². The maximum Gasteiger partial charge on any atom is 0.227 e. The Labute approximate surface area is 113 Å². The number of amides is 1. The van der Waals surface area contributed by atoms with Crippen molar-refractivity contribution in [3.05, 3.63) is 34.9 Å². The highest BCUT2D eigenvalue weighted by Crippen LogP contribution is 2.23. The summed E-state index contributed by atoms with van der Waals surface area (Å²) in [4.78, 5) is 14.2. The molecule has 3 nitrogen and oxygen atoms in total. The van der Waals surface area contributed by atoms with Gasteiger partial charge in [-0.1, -0.05) is 23.7 Å². The maximum atomic E-state index is 12.2. The summed E-state index contributed by atoms with van der Waals surface area (Å²) in [7, 11) is 0. The number of hydrogen-bond donors (Lipinski definition) is 1. The number of nitrogens with zero attached hydrogens (tertiary/aromatic N) is 1. The van der Waals surface area contributed by atoms with Gasteiger partial charge in [0.25, 0.3) is 0 Å². The fraction of sp³-hybridized carbons (Fsp3) is 0.500. The predicted octanol–water partition coefficient (Wildman–Crippen LogP) is 2.08. The SMILES string of the molecule is CC1CC(CN)CN1C(=O)Cc1cccc(Cl)c1. The van der Waals surface area contributed by atoms with Crippen LogP contribution in [0.25, 0.3) is 0 Å². The molecule has 0 saturated carbocycles. The number of rotatable bonds is 3. The second-order valence-corrected chi connectivity index (χ2v) is 5.48. The maximum absolute atomic E-state index is 12.2. The van der Waals surface area contributed by atoms with E-state index in [1.54, 1.807) is 0 Å². The van der Waals surface area contributed by atoms with Crippen LogP contribution in [0.4, 0.5) is 0 Å². The molecular weight excluding hydrogens is 248 g/mol. The zero-order valence-electron chi connectivity index (χ0n) is 10.6. The highest BCUT2D eigenvalue weighted by molar-refractivity contribution is 6.30. The van der Waals surface area contributed by atoms with Crippen LogP contribution in [0.3, 0.4) is 0 Å². The lowest BCUT2D eigenvalue weighted by molar-refractivity contribution is -0.131. The zero-order valence-corrected chi connectivity index (χ0v) is 11.4. The van der Waals surface area contributed by atoms with Gasteiger partial charge in [0.1, 0.15) is 0 Å². The molecule has 2 rings (SSSR count). The molecule has 0 spiro atoms. The highest BCUT2D eigenvalue weighted by Gasteiger charge is 2.31. The van der Waals surface area contributed by atoms with E-state index in [0.29, 0.717) is 29.9 Å². The van der Waals surface area contributed by atoms with Crippen LogP contribution in [0.15, 0.2) is 24.3 Å². The summed E-state index contributed by atoms with van der Waals surface area (Å²) in [5, 5.41) is 0.676. The Morgan fingerprint density at radius 2 is 2.33 bits per heavy atom. The first kappa shape index (κ1) is 13.4. The molecule has 1 aliphatic rings. The number of carbonyl (C=O) groups excluding carboxylic acids is 1. The topological polar surface area (TPSA) is 46.3 Å². The number of carbonyl (C=O) groups is 1. The minimum Gasteiger partial charge on any atom is -0.339 e. The Morgan fingerprint density at radius 1 is 1.56 bits per heavy atom. The Bertz CT molecular complexity index is 436. The van der Waals surface area contributed by atoms with Crippen molar-refractivity contribution in [3.8, 4) is 0 Å². The molecule has 1 heterocycles. The largest absolute Gasteiger partial charge is 0.339 e. The van der Waals surface area contributed by atoms with Crippen molar-refractivity contribution in [2.24, 2.45) is 11.7 Å². The number of hydrogen-bond acceptors (Lipinski definition) is 2. The molecule has 2 unspecified atom stereocenters. The van der Waals surface area contributed by atoms with Crippen molar-refractivity contribution >= 4 is 17.5 Å². The fourth-order valence-corrected chi connectivity index (χ4v) is 2.80. The molecule has 98 valence electrons. The molecule has 1 aromatic rings. The Hall–Kier alpha value is -1.06. The molecule has 2 atom stereocenters. The average molecular weight is 267 g/mol. The third-order valence-corrected chi connectivity index (χ3v) is 3.79. The monoisotopic (exact) mass is 266 g/mol. The molecule has 2 N–H and O–H groups in total. The summed E-state index contributed by atoms with van der Waals surface area (Å²) < 4.78 is 0. The number of nitrogens with two attached hydrogens (primary N) is 1. The number of benzene rings is 1. The third kappa shape index (κ3) is 3.03. The van der Waals surface area contributed by atoms with Crippen molar-refractivity contribution in [2.75, 3.05) is 13.1 Å². The summed E-state index contributed by atoms with van der Waals surface area (Å²) in [6.45, 7) is 3.54. The molecule has 1 aromatic carbocycles. The fourth-order valence-electron chi connectivity index (χ4n) is 2.58. The van der Waals surface area contributed by atoms with Crippen molar-refractivity contribution in [1.29, 1.82) is 0 Å². The summed E-state index contributed by atoms with van der Waals surface area (Å²) >= 11 is 5.92. The first-order valence-electron chi connectivity index (χ1n) is 6.34. The van der Waals surface area contributed by atoms with Crippen molar-refractivity contribution in [3.63, 3.8) is 0 Å². The predicted molar refractivity (Wildman–Crippen MR) is 73.5 cm³/mol. The molecule has 18 heavy (non-hydrogen) atoms. The van der Waals surface area contributed by atoms with Gasteiger partial charge in [-0.2, -0.15) is 0 Å². The molecule has 4 heteroatoms. The molecule has 0 radical (unpaired) electrons. The van der Waals surface area contributed by atoms with Crippen LogP contribution in [-0.4, -0.2) is 29.9 Å². The average Bonchev–Trinajstić information content (AvgIpc) is 2.70. The van der Waals surface area contributed by atoms with Gasteiger partial charge < -0.3 is 10.6 Å². The van der Waals surface area contributed by atoms with Gasteiger partial charge in [0.15, 0.2) is 0 Å². The summed E-state index contributed by atoms with van der Waals surface area (Å²) in [5.41, 5.74) is 6.64. The smallest absolute Gasteiger partial charge is 0.227 e. The van der Waals surface area contributed by atoms with Crippen LogP contribution in [0.2, 0.25) is 5.02 Å². The standard InChI is InChI=1S/C14H19ClN2O/c1-10-5-12(8-16)9-17(10)14(18)7-11-3-2-4-13(15)6-11/h2-4,6,10,12H,5,7-9,16H2,1H3. The van der Waals surface area contributed by atoms with Gasteiger partial charge in [-0.3, -0.25) is 4.79 Å². The van der Waals surface area contributed by atoms with Gasteiger partial charge in [0.2, 0.25) is 5.91 Å². The van der Waals surface area contributed by atoms with E-state index in [1.807, 2.05) is 29.2 Å². The second-order valence-electron chi connectivity index (χ2n) is 5.04. The van der Waals surface area contributed by atoms with Gasteiger partial charge >= 0.3 is 0 Å². The minimum absolute atomic E-state index is 0.167. The van der Waals surface area contributed by atoms with Crippen molar-refractivity contribution < 1.29 is 4.79 Å². The first-order valence-corrected chi connectivity index (χ1v) is 6.72. The Kier molecular flexibility index (Phi) is 4.25. The van der Waals surface area contributed by atoms with Gasteiger partial charge in [-0.05, 0) is 43.5 Å². The van der Waals surface area contributed by atoms with Crippen LogP contribution in [0, 0.1) is 5.92 Å². The summed E-state index contributed by atoms with van der Waals surface area (Å²) in [6, 6.07) is 7.77. The van der Waals surface area contributed by atoms with Crippen LogP contribution in [0.5, 0.6) is 0 Å².